The second-order valence-electron chi connectivity index (χ2n) is 4.48. The number of hydrogen-bond acceptors (Lipinski definition) is 3. The number of nitrogens with zero attached hydrogens (tertiary/aromatic N) is 2. The molecule has 5 heteroatoms. The van der Waals surface area contributed by atoms with Crippen LogP contribution in [0.1, 0.15) is 18.4 Å². The third kappa shape index (κ3) is 4.92. The minimum atomic E-state index is 0. The van der Waals surface area contributed by atoms with E-state index in [1.807, 2.05) is 12.3 Å². The number of aromatic nitrogens is 1. The molecule has 0 spiro atoms. The molecule has 1 aromatic rings. The molecule has 1 aliphatic heterocycles. The van der Waals surface area contributed by atoms with E-state index in [9.17, 15) is 0 Å². The van der Waals surface area contributed by atoms with E-state index in [1.165, 1.54) is 24.9 Å². The van der Waals surface area contributed by atoms with Gasteiger partial charge in [0.15, 0.2) is 0 Å². The molecule has 0 radical (unpaired) electrons. The van der Waals surface area contributed by atoms with Crippen LogP contribution < -0.4 is 5.32 Å². The Hall–Kier alpha value is -0.160. The molecule has 2 heterocycles. The number of likely N-dealkylation sites (N-methyl/N-ethyl adjacent to an activating group) is 1. The number of halogens is 2. The summed E-state index contributed by atoms with van der Waals surface area (Å²) in [5.41, 5.74) is 1.27. The van der Waals surface area contributed by atoms with Crippen LogP contribution in [0.15, 0.2) is 22.9 Å². The van der Waals surface area contributed by atoms with E-state index < -0.39 is 0 Å². The minimum absolute atomic E-state index is 0. The largest absolute Gasteiger partial charge is 0.313 e. The first-order valence-corrected chi connectivity index (χ1v) is 6.56. The molecule has 3 nitrogen and oxygen atoms in total. The van der Waals surface area contributed by atoms with Gasteiger partial charge in [0, 0.05) is 25.3 Å². The Bertz CT molecular complexity index is 325. The molecule has 0 aliphatic carbocycles. The van der Waals surface area contributed by atoms with Gasteiger partial charge < -0.3 is 10.2 Å². The van der Waals surface area contributed by atoms with Crippen molar-refractivity contribution in [3.05, 3.63) is 28.5 Å². The van der Waals surface area contributed by atoms with Crippen molar-refractivity contribution in [2.24, 2.45) is 0 Å². The zero-order valence-electron chi connectivity index (χ0n) is 10.0. The summed E-state index contributed by atoms with van der Waals surface area (Å²) < 4.78 is 0.899. The summed E-state index contributed by atoms with van der Waals surface area (Å²) in [6, 6.07) is 4.79. The van der Waals surface area contributed by atoms with E-state index in [2.05, 4.69) is 44.2 Å². The van der Waals surface area contributed by atoms with Crippen molar-refractivity contribution < 1.29 is 0 Å². The van der Waals surface area contributed by atoms with Crippen molar-refractivity contribution in [1.82, 2.24) is 15.2 Å². The Balaban J connectivity index is 0.00000144. The molecule has 1 aromatic heterocycles. The van der Waals surface area contributed by atoms with Gasteiger partial charge in [-0.25, -0.2) is 4.98 Å². The lowest BCUT2D eigenvalue weighted by atomic mass is 10.2. The second-order valence-corrected chi connectivity index (χ2v) is 5.29. The van der Waals surface area contributed by atoms with Crippen molar-refractivity contribution in [3.63, 3.8) is 0 Å². The fourth-order valence-electron chi connectivity index (χ4n) is 2.16. The number of pyridine rings is 1. The lowest BCUT2D eigenvalue weighted by molar-refractivity contribution is 0.293. The molecule has 1 unspecified atom stereocenters. The number of hydrogen-bond donors (Lipinski definition) is 1. The van der Waals surface area contributed by atoms with Crippen molar-refractivity contribution in [1.29, 1.82) is 0 Å². The summed E-state index contributed by atoms with van der Waals surface area (Å²) in [5, 5.41) is 3.52. The van der Waals surface area contributed by atoms with Crippen LogP contribution in [0.5, 0.6) is 0 Å². The summed E-state index contributed by atoms with van der Waals surface area (Å²) >= 11 is 3.35. The van der Waals surface area contributed by atoms with Crippen molar-refractivity contribution >= 4 is 28.3 Å². The van der Waals surface area contributed by atoms with E-state index in [0.717, 1.165) is 17.7 Å². The van der Waals surface area contributed by atoms with E-state index in [4.69, 9.17) is 0 Å². The minimum Gasteiger partial charge on any atom is -0.313 e. The van der Waals surface area contributed by atoms with Crippen molar-refractivity contribution in [3.8, 4) is 0 Å². The average Bonchev–Trinajstić information content (AvgIpc) is 2.74. The predicted molar refractivity (Wildman–Crippen MR) is 76.5 cm³/mol. The summed E-state index contributed by atoms with van der Waals surface area (Å²) in [6.07, 6.45) is 4.56. The summed E-state index contributed by atoms with van der Waals surface area (Å²) in [4.78, 5) is 6.59. The third-order valence-corrected chi connectivity index (χ3v) is 3.40. The van der Waals surface area contributed by atoms with E-state index in [-0.39, 0.29) is 12.4 Å². The van der Waals surface area contributed by atoms with Gasteiger partial charge >= 0.3 is 0 Å². The smallest absolute Gasteiger partial charge is 0.106 e. The Morgan fingerprint density at radius 1 is 1.53 bits per heavy atom. The Kier molecular flexibility index (Phi) is 6.41. The van der Waals surface area contributed by atoms with Gasteiger partial charge in [-0.1, -0.05) is 6.07 Å². The van der Waals surface area contributed by atoms with Gasteiger partial charge in [0.05, 0.1) is 0 Å². The van der Waals surface area contributed by atoms with E-state index >= 15 is 0 Å². The van der Waals surface area contributed by atoms with Gasteiger partial charge in [-0.15, -0.1) is 12.4 Å². The first-order valence-electron chi connectivity index (χ1n) is 5.76. The molecule has 0 bridgehead atoms. The van der Waals surface area contributed by atoms with Crippen LogP contribution in [0.2, 0.25) is 0 Å². The van der Waals surface area contributed by atoms with Crippen LogP contribution >= 0.6 is 28.3 Å². The molecule has 1 N–H and O–H groups in total. The molecule has 17 heavy (non-hydrogen) atoms. The summed E-state index contributed by atoms with van der Waals surface area (Å²) in [5.74, 6) is 0. The SMILES string of the molecule is CN(Cc1ccc(Br)nc1)CC1CCCN1.Cl. The predicted octanol–water partition coefficient (Wildman–Crippen LogP) is 2.45. The zero-order chi connectivity index (χ0) is 11.4. The van der Waals surface area contributed by atoms with Gasteiger partial charge in [0.1, 0.15) is 4.60 Å². The fourth-order valence-corrected chi connectivity index (χ4v) is 2.40. The molecule has 1 atom stereocenters. The van der Waals surface area contributed by atoms with Gasteiger partial charge in [-0.05, 0) is 54.0 Å². The third-order valence-electron chi connectivity index (χ3n) is 2.94. The molecule has 0 saturated carbocycles. The topological polar surface area (TPSA) is 28.2 Å². The Labute approximate surface area is 118 Å². The van der Waals surface area contributed by atoms with Crippen LogP contribution in [0.3, 0.4) is 0 Å². The number of rotatable bonds is 4. The van der Waals surface area contributed by atoms with Crippen LogP contribution in [0, 0.1) is 0 Å². The first-order chi connectivity index (χ1) is 7.74. The van der Waals surface area contributed by atoms with Crippen molar-refractivity contribution in [2.75, 3.05) is 20.1 Å². The first kappa shape index (κ1) is 14.9. The van der Waals surface area contributed by atoms with E-state index in [1.54, 1.807) is 0 Å². The zero-order valence-corrected chi connectivity index (χ0v) is 12.4. The standard InChI is InChI=1S/C12H18BrN3.ClH/c1-16(9-11-3-2-6-14-11)8-10-4-5-12(13)15-7-10;/h4-5,7,11,14H,2-3,6,8-9H2,1H3;1H. The highest BCUT2D eigenvalue weighted by atomic mass is 79.9. The summed E-state index contributed by atoms with van der Waals surface area (Å²) in [6.45, 7) is 3.27. The molecular formula is C12H19BrClN3. The average molecular weight is 321 g/mol. The van der Waals surface area contributed by atoms with Crippen molar-refractivity contribution in [2.45, 2.75) is 25.4 Å². The van der Waals surface area contributed by atoms with Gasteiger partial charge in [-0.2, -0.15) is 0 Å². The normalized spacial score (nSPS) is 19.4. The van der Waals surface area contributed by atoms with Gasteiger partial charge in [0.25, 0.3) is 0 Å². The maximum Gasteiger partial charge on any atom is 0.106 e. The second kappa shape index (κ2) is 7.31. The van der Waals surface area contributed by atoms with Crippen LogP contribution in [0.4, 0.5) is 0 Å². The van der Waals surface area contributed by atoms with Crippen LogP contribution in [0.25, 0.3) is 0 Å². The highest BCUT2D eigenvalue weighted by Crippen LogP contribution is 2.10. The molecule has 1 fully saturated rings. The van der Waals surface area contributed by atoms with Crippen LogP contribution in [-0.4, -0.2) is 36.1 Å². The highest BCUT2D eigenvalue weighted by molar-refractivity contribution is 9.10. The van der Waals surface area contributed by atoms with E-state index in [0.29, 0.717) is 6.04 Å². The fraction of sp³-hybridized carbons (Fsp3) is 0.583. The maximum atomic E-state index is 4.24. The molecule has 0 amide bonds. The summed E-state index contributed by atoms with van der Waals surface area (Å²) in [7, 11) is 2.17. The molecule has 1 saturated heterocycles. The Morgan fingerprint density at radius 2 is 2.35 bits per heavy atom. The maximum absolute atomic E-state index is 4.24. The Morgan fingerprint density at radius 3 is 2.94 bits per heavy atom. The monoisotopic (exact) mass is 319 g/mol. The van der Waals surface area contributed by atoms with Gasteiger partial charge in [-0.3, -0.25) is 0 Å². The quantitative estimate of drug-likeness (QED) is 0.864. The lowest BCUT2D eigenvalue weighted by Gasteiger charge is -2.20. The van der Waals surface area contributed by atoms with Gasteiger partial charge in [0.2, 0.25) is 0 Å². The lowest BCUT2D eigenvalue weighted by Crippen LogP contribution is -2.34. The molecule has 1 aliphatic rings. The molecule has 96 valence electrons. The van der Waals surface area contributed by atoms with Crippen LogP contribution in [-0.2, 0) is 6.54 Å². The molecule has 2 rings (SSSR count). The highest BCUT2D eigenvalue weighted by Gasteiger charge is 2.15. The molecule has 0 aromatic carbocycles. The number of nitrogens with one attached hydrogen (secondary N) is 1. The molecular weight excluding hydrogens is 302 g/mol.